The van der Waals surface area contributed by atoms with Crippen molar-refractivity contribution in [2.75, 3.05) is 48.6 Å². The Balaban J connectivity index is 0.000000335. The van der Waals surface area contributed by atoms with Crippen LogP contribution >= 0.6 is 0 Å². The van der Waals surface area contributed by atoms with Crippen molar-refractivity contribution in [1.82, 2.24) is 9.88 Å². The number of methoxy groups -OCH3 is 5. The Bertz CT molecular complexity index is 1290. The summed E-state index contributed by atoms with van der Waals surface area (Å²) in [5, 5.41) is 0. The lowest BCUT2D eigenvalue weighted by atomic mass is 10.0. The minimum atomic E-state index is 0.636. The second-order valence-corrected chi connectivity index (χ2v) is 11.7. The summed E-state index contributed by atoms with van der Waals surface area (Å²) in [6, 6.07) is 12.3. The van der Waals surface area contributed by atoms with E-state index in [1.165, 1.54) is 56.9 Å². The predicted molar refractivity (Wildman–Crippen MR) is 196 cm³/mol. The van der Waals surface area contributed by atoms with E-state index in [4.69, 9.17) is 23.7 Å². The fourth-order valence-corrected chi connectivity index (χ4v) is 5.47. The summed E-state index contributed by atoms with van der Waals surface area (Å²) < 4.78 is 27.0. The number of aromatic nitrogens is 1. The van der Waals surface area contributed by atoms with Crippen LogP contribution in [0.2, 0.25) is 0 Å². The van der Waals surface area contributed by atoms with E-state index in [1.807, 2.05) is 37.4 Å². The first-order valence-electron chi connectivity index (χ1n) is 17.3. The van der Waals surface area contributed by atoms with Crippen molar-refractivity contribution < 1.29 is 23.7 Å². The quantitative estimate of drug-likeness (QED) is 0.113. The Hall–Kier alpha value is -3.71. The van der Waals surface area contributed by atoms with Crippen LogP contribution in [-0.2, 0) is 6.54 Å². The highest BCUT2D eigenvalue weighted by Gasteiger charge is 2.13. The van der Waals surface area contributed by atoms with Crippen LogP contribution < -0.4 is 23.7 Å². The summed E-state index contributed by atoms with van der Waals surface area (Å²) in [6.07, 6.45) is 17.5. The number of hydrogen-bond acceptors (Lipinski definition) is 7. The molecule has 0 bridgehead atoms. The van der Waals surface area contributed by atoms with E-state index in [2.05, 4.69) is 54.9 Å². The Morgan fingerprint density at radius 3 is 1.83 bits per heavy atom. The third-order valence-corrected chi connectivity index (χ3v) is 8.12. The van der Waals surface area contributed by atoms with Gasteiger partial charge in [0.2, 0.25) is 5.75 Å². The molecule has 7 heteroatoms. The molecule has 3 aromatic rings. The fourth-order valence-electron chi connectivity index (χ4n) is 5.47. The summed E-state index contributed by atoms with van der Waals surface area (Å²) in [6.45, 7) is 12.0. The van der Waals surface area contributed by atoms with Gasteiger partial charge in [-0.2, -0.15) is 0 Å². The topological polar surface area (TPSA) is 62.3 Å². The molecule has 3 rings (SSSR count). The molecule has 1 aromatic heterocycles. The molecule has 0 saturated heterocycles. The van der Waals surface area contributed by atoms with E-state index >= 15 is 0 Å². The van der Waals surface area contributed by atoms with Crippen LogP contribution in [0.25, 0.3) is 17.3 Å². The number of ether oxygens (including phenoxy) is 5. The standard InChI is InChI=1S/C22H32N2O2.C18H28O3/c1-6-8-12-24(11-7-2)16-18-9-10-23-20(13-18)19-14-21(25-4)17(3)22(15-19)26-5;1-5-6-7-8-9-10-11-12-15-13-16(19-2)18(21-4)17(14-15)20-3/h9-10,13-15H,6-8,11-12,16H2,1-5H3;11-14H,5-10H2,1-4H3/b;12-11+. The highest BCUT2D eigenvalue weighted by atomic mass is 16.5. The van der Waals surface area contributed by atoms with Gasteiger partial charge in [-0.15, -0.1) is 0 Å². The average molecular weight is 649 g/mol. The molecule has 0 aliphatic rings. The van der Waals surface area contributed by atoms with Gasteiger partial charge in [0.05, 0.1) is 41.2 Å². The SMILES string of the molecule is CCCCCCC/C=C/c1cc(OC)c(OC)c(OC)c1.CCCCN(CCC)Cc1ccnc(-c2cc(OC)c(C)c(OC)c2)c1. The van der Waals surface area contributed by atoms with E-state index in [0.29, 0.717) is 17.2 Å². The second kappa shape index (κ2) is 22.8. The number of benzene rings is 2. The Morgan fingerprint density at radius 2 is 1.28 bits per heavy atom. The lowest BCUT2D eigenvalue weighted by Gasteiger charge is -2.21. The number of nitrogens with zero attached hydrogens (tertiary/aromatic N) is 2. The molecule has 0 saturated carbocycles. The van der Waals surface area contributed by atoms with Crippen molar-refractivity contribution >= 4 is 6.08 Å². The van der Waals surface area contributed by atoms with E-state index in [9.17, 15) is 0 Å². The van der Waals surface area contributed by atoms with E-state index in [-0.39, 0.29) is 0 Å². The number of hydrogen-bond donors (Lipinski definition) is 0. The van der Waals surface area contributed by atoms with Crippen LogP contribution in [0.5, 0.6) is 28.7 Å². The van der Waals surface area contributed by atoms with Gasteiger partial charge >= 0.3 is 0 Å². The van der Waals surface area contributed by atoms with Gasteiger partial charge in [0.25, 0.3) is 0 Å². The lowest BCUT2D eigenvalue weighted by molar-refractivity contribution is 0.261. The number of rotatable bonds is 20. The second-order valence-electron chi connectivity index (χ2n) is 11.7. The molecular weight excluding hydrogens is 588 g/mol. The molecule has 0 unspecified atom stereocenters. The molecule has 0 radical (unpaired) electrons. The van der Waals surface area contributed by atoms with Crippen LogP contribution in [0.3, 0.4) is 0 Å². The zero-order valence-corrected chi connectivity index (χ0v) is 30.6. The molecule has 0 spiro atoms. The van der Waals surface area contributed by atoms with Gasteiger partial charge in [-0.05, 0) is 93.2 Å². The monoisotopic (exact) mass is 648 g/mol. The summed E-state index contributed by atoms with van der Waals surface area (Å²) >= 11 is 0. The Morgan fingerprint density at radius 1 is 0.660 bits per heavy atom. The van der Waals surface area contributed by atoms with Crippen molar-refractivity contribution in [2.24, 2.45) is 0 Å². The minimum Gasteiger partial charge on any atom is -0.496 e. The third kappa shape index (κ3) is 13.1. The lowest BCUT2D eigenvalue weighted by Crippen LogP contribution is -2.25. The van der Waals surface area contributed by atoms with Crippen LogP contribution in [0, 0.1) is 6.92 Å². The molecule has 0 atom stereocenters. The predicted octanol–water partition coefficient (Wildman–Crippen LogP) is 10.2. The first-order valence-corrected chi connectivity index (χ1v) is 17.3. The van der Waals surface area contributed by atoms with Crippen LogP contribution in [0.1, 0.15) is 95.2 Å². The maximum atomic E-state index is 5.50. The van der Waals surface area contributed by atoms with Crippen molar-refractivity contribution in [3.05, 3.63) is 65.4 Å². The normalized spacial score (nSPS) is 10.9. The molecule has 2 aromatic carbocycles. The number of unbranched alkanes of at least 4 members (excludes halogenated alkanes) is 6. The highest BCUT2D eigenvalue weighted by molar-refractivity contribution is 5.66. The summed E-state index contributed by atoms with van der Waals surface area (Å²) in [4.78, 5) is 7.10. The molecule has 260 valence electrons. The molecule has 0 amide bonds. The summed E-state index contributed by atoms with van der Waals surface area (Å²) in [5.74, 6) is 3.67. The molecule has 1 heterocycles. The Labute approximate surface area is 285 Å². The Kier molecular flexibility index (Phi) is 19.1. The van der Waals surface area contributed by atoms with Crippen LogP contribution in [0.4, 0.5) is 0 Å². The van der Waals surface area contributed by atoms with Crippen molar-refractivity contribution in [1.29, 1.82) is 0 Å². The van der Waals surface area contributed by atoms with Crippen LogP contribution in [-0.4, -0.2) is 58.5 Å². The first kappa shape index (κ1) is 39.5. The molecule has 0 aliphatic carbocycles. The number of allylic oxidation sites excluding steroid dienone is 1. The van der Waals surface area contributed by atoms with Gasteiger partial charge in [-0.3, -0.25) is 9.88 Å². The number of pyridine rings is 1. The zero-order chi connectivity index (χ0) is 34.4. The zero-order valence-electron chi connectivity index (χ0n) is 30.6. The largest absolute Gasteiger partial charge is 0.496 e. The third-order valence-electron chi connectivity index (χ3n) is 8.12. The van der Waals surface area contributed by atoms with Crippen molar-refractivity contribution in [2.45, 2.75) is 92.0 Å². The molecule has 0 N–H and O–H groups in total. The minimum absolute atomic E-state index is 0.636. The van der Waals surface area contributed by atoms with Crippen molar-refractivity contribution in [3.63, 3.8) is 0 Å². The van der Waals surface area contributed by atoms with Gasteiger partial charge < -0.3 is 23.7 Å². The smallest absolute Gasteiger partial charge is 0.203 e. The molecule has 47 heavy (non-hydrogen) atoms. The van der Waals surface area contributed by atoms with Gasteiger partial charge in [0.15, 0.2) is 11.5 Å². The van der Waals surface area contributed by atoms with Crippen molar-refractivity contribution in [3.8, 4) is 40.0 Å². The maximum Gasteiger partial charge on any atom is 0.203 e. The summed E-state index contributed by atoms with van der Waals surface area (Å²) in [5.41, 5.74) is 5.33. The van der Waals surface area contributed by atoms with Gasteiger partial charge in [-0.25, -0.2) is 0 Å². The van der Waals surface area contributed by atoms with Gasteiger partial charge in [0, 0.05) is 23.9 Å². The maximum absolute atomic E-state index is 5.50. The van der Waals surface area contributed by atoms with Gasteiger partial charge in [-0.1, -0.05) is 65.0 Å². The molecular formula is C40H60N2O5. The average Bonchev–Trinajstić information content (AvgIpc) is 3.10. The van der Waals surface area contributed by atoms with Crippen LogP contribution in [0.15, 0.2) is 48.7 Å². The fraction of sp³-hybridized carbons (Fsp3) is 0.525. The van der Waals surface area contributed by atoms with E-state index in [1.54, 1.807) is 35.5 Å². The highest BCUT2D eigenvalue weighted by Crippen LogP contribution is 2.38. The summed E-state index contributed by atoms with van der Waals surface area (Å²) in [7, 11) is 8.26. The molecule has 0 aliphatic heterocycles. The molecule has 7 nitrogen and oxygen atoms in total. The van der Waals surface area contributed by atoms with Gasteiger partial charge in [0.1, 0.15) is 11.5 Å². The van der Waals surface area contributed by atoms with E-state index in [0.717, 1.165) is 59.9 Å². The van der Waals surface area contributed by atoms with E-state index < -0.39 is 0 Å². The first-order chi connectivity index (χ1) is 22.9. The molecule has 0 fully saturated rings.